The van der Waals surface area contributed by atoms with Gasteiger partial charge < -0.3 is 14.2 Å². The van der Waals surface area contributed by atoms with Crippen molar-refractivity contribution in [2.75, 3.05) is 33.2 Å². The molecule has 2 rings (SSSR count). The summed E-state index contributed by atoms with van der Waals surface area (Å²) in [5.41, 5.74) is 0. The average Bonchev–Trinajstić information content (AvgIpc) is 2.73. The van der Waals surface area contributed by atoms with Crippen molar-refractivity contribution >= 4 is 5.91 Å². The summed E-state index contributed by atoms with van der Waals surface area (Å²) in [5.74, 6) is 1.27. The molecule has 1 saturated heterocycles. The minimum absolute atomic E-state index is 0.175. The Hall–Kier alpha value is -1.43. The third kappa shape index (κ3) is 3.26. The molecule has 0 atom stereocenters. The van der Waals surface area contributed by atoms with Crippen LogP contribution in [0.4, 0.5) is 0 Å². The van der Waals surface area contributed by atoms with Crippen molar-refractivity contribution in [2.45, 2.75) is 19.8 Å². The molecule has 0 unspecified atom stereocenters. The van der Waals surface area contributed by atoms with Crippen LogP contribution in [-0.2, 0) is 11.2 Å². The number of rotatable bonds is 3. The van der Waals surface area contributed by atoms with E-state index in [-0.39, 0.29) is 5.91 Å². The second-order valence-electron chi connectivity index (χ2n) is 4.40. The van der Waals surface area contributed by atoms with Gasteiger partial charge in [-0.05, 0) is 7.05 Å². The fraction of sp³-hybridized carbons (Fsp3) is 0.727. The third-order valence-electron chi connectivity index (χ3n) is 2.98. The van der Waals surface area contributed by atoms with E-state index in [4.69, 9.17) is 4.42 Å². The van der Waals surface area contributed by atoms with Crippen LogP contribution in [0.3, 0.4) is 0 Å². The standard InChI is InChI=1S/C11H18N4O2/c1-9-12-13-10(17-9)3-4-11(16)15-7-5-14(2)6-8-15/h3-8H2,1-2H3. The Morgan fingerprint density at radius 3 is 2.59 bits per heavy atom. The van der Waals surface area contributed by atoms with E-state index in [0.717, 1.165) is 26.2 Å². The number of piperazine rings is 1. The number of amides is 1. The van der Waals surface area contributed by atoms with Gasteiger partial charge in [0.15, 0.2) is 0 Å². The number of aromatic nitrogens is 2. The molecule has 6 nitrogen and oxygen atoms in total. The van der Waals surface area contributed by atoms with E-state index in [2.05, 4.69) is 22.1 Å². The Balaban J connectivity index is 1.77. The zero-order valence-corrected chi connectivity index (χ0v) is 10.3. The van der Waals surface area contributed by atoms with Gasteiger partial charge in [-0.3, -0.25) is 4.79 Å². The normalized spacial score (nSPS) is 17.4. The van der Waals surface area contributed by atoms with E-state index < -0.39 is 0 Å². The monoisotopic (exact) mass is 238 g/mol. The number of hydrogen-bond acceptors (Lipinski definition) is 5. The molecule has 94 valence electrons. The van der Waals surface area contributed by atoms with Crippen molar-refractivity contribution in [2.24, 2.45) is 0 Å². The molecule has 1 fully saturated rings. The highest BCUT2D eigenvalue weighted by molar-refractivity contribution is 5.76. The van der Waals surface area contributed by atoms with Crippen LogP contribution in [0.2, 0.25) is 0 Å². The predicted molar refractivity (Wildman–Crippen MR) is 61.4 cm³/mol. The molecule has 0 spiro atoms. The van der Waals surface area contributed by atoms with Gasteiger partial charge in [0.05, 0.1) is 0 Å². The van der Waals surface area contributed by atoms with Crippen molar-refractivity contribution < 1.29 is 9.21 Å². The first kappa shape index (κ1) is 12.0. The second kappa shape index (κ2) is 5.27. The minimum atomic E-state index is 0.175. The lowest BCUT2D eigenvalue weighted by molar-refractivity contribution is -0.132. The highest BCUT2D eigenvalue weighted by Gasteiger charge is 2.19. The number of likely N-dealkylation sites (N-methyl/N-ethyl adjacent to an activating group) is 1. The number of aryl methyl sites for hydroxylation is 2. The van der Waals surface area contributed by atoms with Crippen LogP contribution in [0, 0.1) is 6.92 Å². The topological polar surface area (TPSA) is 62.5 Å². The van der Waals surface area contributed by atoms with Crippen molar-refractivity contribution in [3.05, 3.63) is 11.8 Å². The zero-order chi connectivity index (χ0) is 12.3. The van der Waals surface area contributed by atoms with Gasteiger partial charge in [-0.25, -0.2) is 0 Å². The molecular weight excluding hydrogens is 220 g/mol. The quantitative estimate of drug-likeness (QED) is 0.746. The average molecular weight is 238 g/mol. The number of hydrogen-bond donors (Lipinski definition) is 0. The molecule has 1 aliphatic rings. The van der Waals surface area contributed by atoms with Gasteiger partial charge in [0, 0.05) is 45.9 Å². The summed E-state index contributed by atoms with van der Waals surface area (Å²) in [7, 11) is 2.07. The number of nitrogens with zero attached hydrogens (tertiary/aromatic N) is 4. The molecule has 0 aliphatic carbocycles. The van der Waals surface area contributed by atoms with E-state index in [0.29, 0.717) is 24.6 Å². The van der Waals surface area contributed by atoms with Gasteiger partial charge in [-0.1, -0.05) is 0 Å². The van der Waals surface area contributed by atoms with Crippen LogP contribution in [0.1, 0.15) is 18.2 Å². The van der Waals surface area contributed by atoms with Crippen LogP contribution < -0.4 is 0 Å². The summed E-state index contributed by atoms with van der Waals surface area (Å²) < 4.78 is 5.24. The van der Waals surface area contributed by atoms with Gasteiger partial charge in [-0.2, -0.15) is 0 Å². The van der Waals surface area contributed by atoms with E-state index in [1.165, 1.54) is 0 Å². The Labute approximate surface area is 101 Å². The first-order valence-corrected chi connectivity index (χ1v) is 5.90. The van der Waals surface area contributed by atoms with E-state index in [9.17, 15) is 4.79 Å². The van der Waals surface area contributed by atoms with Gasteiger partial charge in [0.1, 0.15) is 0 Å². The second-order valence-corrected chi connectivity index (χ2v) is 4.40. The van der Waals surface area contributed by atoms with Gasteiger partial charge in [0.2, 0.25) is 17.7 Å². The van der Waals surface area contributed by atoms with Gasteiger partial charge in [0.25, 0.3) is 0 Å². The van der Waals surface area contributed by atoms with Crippen molar-refractivity contribution in [1.29, 1.82) is 0 Å². The van der Waals surface area contributed by atoms with E-state index in [1.54, 1.807) is 6.92 Å². The molecule has 0 aromatic carbocycles. The van der Waals surface area contributed by atoms with Crippen molar-refractivity contribution in [3.63, 3.8) is 0 Å². The van der Waals surface area contributed by atoms with Crippen molar-refractivity contribution in [1.82, 2.24) is 20.0 Å². The molecule has 1 amide bonds. The predicted octanol–water partition coefficient (Wildman–Crippen LogP) is 0.0846. The Bertz CT molecular complexity index is 383. The molecule has 2 heterocycles. The smallest absolute Gasteiger partial charge is 0.223 e. The maximum atomic E-state index is 11.9. The minimum Gasteiger partial charge on any atom is -0.426 e. The lowest BCUT2D eigenvalue weighted by atomic mass is 10.2. The Kier molecular flexibility index (Phi) is 3.73. The lowest BCUT2D eigenvalue weighted by Gasteiger charge is -2.32. The van der Waals surface area contributed by atoms with Crippen LogP contribution in [0.5, 0.6) is 0 Å². The first-order chi connectivity index (χ1) is 8.15. The lowest BCUT2D eigenvalue weighted by Crippen LogP contribution is -2.47. The first-order valence-electron chi connectivity index (χ1n) is 5.90. The molecule has 0 bridgehead atoms. The maximum Gasteiger partial charge on any atom is 0.223 e. The molecule has 1 aromatic rings. The van der Waals surface area contributed by atoms with Crippen molar-refractivity contribution in [3.8, 4) is 0 Å². The summed E-state index contributed by atoms with van der Waals surface area (Å²) in [6.07, 6.45) is 0.983. The summed E-state index contributed by atoms with van der Waals surface area (Å²) in [4.78, 5) is 16.0. The Morgan fingerprint density at radius 2 is 2.00 bits per heavy atom. The molecule has 6 heteroatoms. The summed E-state index contributed by atoms with van der Waals surface area (Å²) >= 11 is 0. The third-order valence-corrected chi connectivity index (χ3v) is 2.98. The van der Waals surface area contributed by atoms with E-state index in [1.807, 2.05) is 4.90 Å². The summed E-state index contributed by atoms with van der Waals surface area (Å²) in [6.45, 7) is 5.28. The zero-order valence-electron chi connectivity index (χ0n) is 10.3. The number of carbonyl (C=O) groups excluding carboxylic acids is 1. The fourth-order valence-electron chi connectivity index (χ4n) is 1.87. The maximum absolute atomic E-state index is 11.9. The molecule has 17 heavy (non-hydrogen) atoms. The van der Waals surface area contributed by atoms with Crippen LogP contribution >= 0.6 is 0 Å². The largest absolute Gasteiger partial charge is 0.426 e. The molecule has 1 aliphatic heterocycles. The SMILES string of the molecule is Cc1nnc(CCC(=O)N2CCN(C)CC2)o1. The Morgan fingerprint density at radius 1 is 1.29 bits per heavy atom. The molecule has 1 aromatic heterocycles. The molecule has 0 saturated carbocycles. The molecule has 0 radical (unpaired) electrons. The van der Waals surface area contributed by atoms with E-state index >= 15 is 0 Å². The fourth-order valence-corrected chi connectivity index (χ4v) is 1.87. The van der Waals surface area contributed by atoms with Crippen LogP contribution in [-0.4, -0.2) is 59.1 Å². The molecule has 0 N–H and O–H groups in total. The van der Waals surface area contributed by atoms with Crippen LogP contribution in [0.15, 0.2) is 4.42 Å². The highest BCUT2D eigenvalue weighted by Crippen LogP contribution is 2.06. The molecular formula is C11H18N4O2. The highest BCUT2D eigenvalue weighted by atomic mass is 16.4. The van der Waals surface area contributed by atoms with Gasteiger partial charge >= 0.3 is 0 Å². The summed E-state index contributed by atoms with van der Waals surface area (Å²) in [6, 6.07) is 0. The van der Waals surface area contributed by atoms with Crippen LogP contribution in [0.25, 0.3) is 0 Å². The number of carbonyl (C=O) groups is 1. The van der Waals surface area contributed by atoms with Gasteiger partial charge in [-0.15, -0.1) is 10.2 Å². The summed E-state index contributed by atoms with van der Waals surface area (Å²) in [5, 5.41) is 7.62.